The lowest BCUT2D eigenvalue weighted by Crippen LogP contribution is -2.18. The zero-order valence-electron chi connectivity index (χ0n) is 15.8. The van der Waals surface area contributed by atoms with Gasteiger partial charge in [0.15, 0.2) is 11.4 Å². The van der Waals surface area contributed by atoms with E-state index in [9.17, 15) is 0 Å². The summed E-state index contributed by atoms with van der Waals surface area (Å²) >= 11 is 3.40. The molecule has 0 radical (unpaired) electrons. The molecule has 1 aliphatic heterocycles. The smallest absolute Gasteiger partial charge is 0.158 e. The molecule has 1 aliphatic rings. The van der Waals surface area contributed by atoms with Crippen molar-refractivity contribution in [3.05, 3.63) is 47.5 Å². The average Bonchev–Trinajstić information content (AvgIpc) is 3.40. The third-order valence-corrected chi connectivity index (χ3v) is 5.38. The first-order valence-corrected chi connectivity index (χ1v) is 10.2. The normalized spacial score (nSPS) is 17.0. The molecule has 5 rings (SSSR count). The maximum absolute atomic E-state index is 5.82. The summed E-state index contributed by atoms with van der Waals surface area (Å²) in [6.45, 7) is 0.773. The number of pyridine rings is 1. The summed E-state index contributed by atoms with van der Waals surface area (Å²) in [4.78, 5) is 9.11. The van der Waals surface area contributed by atoms with Gasteiger partial charge in [-0.15, -0.1) is 0 Å². The van der Waals surface area contributed by atoms with Crippen molar-refractivity contribution in [3.63, 3.8) is 0 Å². The summed E-state index contributed by atoms with van der Waals surface area (Å²) in [5, 5.41) is 9.23. The molecule has 1 atom stereocenters. The van der Waals surface area contributed by atoms with Gasteiger partial charge < -0.3 is 9.47 Å². The van der Waals surface area contributed by atoms with Gasteiger partial charge in [-0.1, -0.05) is 6.07 Å². The summed E-state index contributed by atoms with van der Waals surface area (Å²) in [5.41, 5.74) is 3.77. The number of nitrogens with zero attached hydrogens (tertiary/aromatic N) is 6. The van der Waals surface area contributed by atoms with E-state index in [2.05, 4.69) is 31.0 Å². The van der Waals surface area contributed by atoms with Crippen molar-refractivity contribution >= 4 is 21.6 Å². The number of imidazole rings is 1. The van der Waals surface area contributed by atoms with Crippen LogP contribution in [0.25, 0.3) is 28.3 Å². The van der Waals surface area contributed by atoms with E-state index in [4.69, 9.17) is 14.6 Å². The quantitative estimate of drug-likeness (QED) is 0.431. The Morgan fingerprint density at radius 3 is 2.90 bits per heavy atom. The van der Waals surface area contributed by atoms with E-state index < -0.39 is 0 Å². The highest BCUT2D eigenvalue weighted by molar-refractivity contribution is 9.10. The molecule has 0 amide bonds. The second kappa shape index (κ2) is 7.57. The fraction of sp³-hybridized carbons (Fsp3) is 0.300. The van der Waals surface area contributed by atoms with Crippen LogP contribution in [-0.4, -0.2) is 43.1 Å². The summed E-state index contributed by atoms with van der Waals surface area (Å²) in [7, 11) is 1.63. The molecule has 29 heavy (non-hydrogen) atoms. The van der Waals surface area contributed by atoms with Crippen LogP contribution in [0.2, 0.25) is 0 Å². The van der Waals surface area contributed by atoms with Gasteiger partial charge in [0, 0.05) is 24.4 Å². The molecule has 8 nitrogen and oxygen atoms in total. The average molecular weight is 455 g/mol. The van der Waals surface area contributed by atoms with Gasteiger partial charge in [0.05, 0.1) is 25.2 Å². The maximum Gasteiger partial charge on any atom is 0.158 e. The Kier molecular flexibility index (Phi) is 4.76. The second-order valence-corrected chi connectivity index (χ2v) is 7.68. The highest BCUT2D eigenvalue weighted by atomic mass is 79.9. The molecule has 0 spiro atoms. The molecule has 148 valence electrons. The third kappa shape index (κ3) is 3.51. The lowest BCUT2D eigenvalue weighted by atomic mass is 10.2. The van der Waals surface area contributed by atoms with Crippen molar-refractivity contribution in [3.8, 4) is 28.4 Å². The van der Waals surface area contributed by atoms with Crippen molar-refractivity contribution in [2.75, 3.05) is 13.7 Å². The van der Waals surface area contributed by atoms with Gasteiger partial charge in [0.2, 0.25) is 0 Å². The van der Waals surface area contributed by atoms with E-state index in [1.54, 1.807) is 17.8 Å². The minimum atomic E-state index is -0.0188. The summed E-state index contributed by atoms with van der Waals surface area (Å²) in [6, 6.07) is 7.60. The summed E-state index contributed by atoms with van der Waals surface area (Å²) < 4.78 is 15.8. The molecule has 0 N–H and O–H groups in total. The molecular weight excluding hydrogens is 436 g/mol. The summed E-state index contributed by atoms with van der Waals surface area (Å²) in [5.74, 6) is 0.640. The molecule has 4 aromatic rings. The van der Waals surface area contributed by atoms with Crippen LogP contribution in [-0.2, 0) is 4.74 Å². The Morgan fingerprint density at radius 2 is 2.10 bits per heavy atom. The molecule has 0 bridgehead atoms. The molecule has 5 heterocycles. The highest BCUT2D eigenvalue weighted by Gasteiger charge is 2.19. The van der Waals surface area contributed by atoms with E-state index in [0.29, 0.717) is 17.1 Å². The standard InChI is InChI=1S/C20H19BrN6O2/c1-28-16-9-18-24-15(14-5-4-6-17(21)23-14)12-26(18)25-20(16)13-10-22-27(11-13)19-7-2-3-8-29-19/h4-6,9-12,19H,2-3,7-8H2,1H3. The minimum Gasteiger partial charge on any atom is -0.494 e. The van der Waals surface area contributed by atoms with E-state index in [0.717, 1.165) is 47.4 Å². The lowest BCUT2D eigenvalue weighted by Gasteiger charge is -2.22. The van der Waals surface area contributed by atoms with Crippen LogP contribution in [0.3, 0.4) is 0 Å². The SMILES string of the molecule is COc1cc2nc(-c3cccc(Br)n3)cn2nc1-c1cnn(C2CCCCO2)c1. The Balaban J connectivity index is 1.54. The van der Waals surface area contributed by atoms with Crippen molar-refractivity contribution in [2.24, 2.45) is 0 Å². The zero-order valence-corrected chi connectivity index (χ0v) is 17.4. The van der Waals surface area contributed by atoms with Crippen LogP contribution in [0, 0.1) is 0 Å². The van der Waals surface area contributed by atoms with Gasteiger partial charge in [0.1, 0.15) is 22.2 Å². The van der Waals surface area contributed by atoms with Crippen LogP contribution in [0.1, 0.15) is 25.5 Å². The number of halogens is 1. The first-order chi connectivity index (χ1) is 14.2. The van der Waals surface area contributed by atoms with Gasteiger partial charge in [-0.05, 0) is 47.3 Å². The van der Waals surface area contributed by atoms with Crippen LogP contribution >= 0.6 is 15.9 Å². The molecule has 1 unspecified atom stereocenters. The van der Waals surface area contributed by atoms with Crippen molar-refractivity contribution in [1.29, 1.82) is 0 Å². The number of aromatic nitrogens is 6. The largest absolute Gasteiger partial charge is 0.494 e. The number of ether oxygens (including phenoxy) is 2. The maximum atomic E-state index is 5.82. The first kappa shape index (κ1) is 18.3. The van der Waals surface area contributed by atoms with E-state index in [1.165, 1.54) is 0 Å². The van der Waals surface area contributed by atoms with Gasteiger partial charge in [0.25, 0.3) is 0 Å². The topological polar surface area (TPSA) is 79.4 Å². The zero-order chi connectivity index (χ0) is 19.8. The molecule has 1 fully saturated rings. The minimum absolute atomic E-state index is 0.0188. The molecule has 9 heteroatoms. The van der Waals surface area contributed by atoms with Crippen LogP contribution in [0.5, 0.6) is 5.75 Å². The van der Waals surface area contributed by atoms with Crippen LogP contribution in [0.4, 0.5) is 0 Å². The van der Waals surface area contributed by atoms with Gasteiger partial charge in [-0.3, -0.25) is 0 Å². The molecule has 0 aromatic carbocycles. The Hall–Kier alpha value is -2.78. The second-order valence-electron chi connectivity index (χ2n) is 6.87. The Labute approximate surface area is 175 Å². The van der Waals surface area contributed by atoms with Gasteiger partial charge >= 0.3 is 0 Å². The first-order valence-electron chi connectivity index (χ1n) is 9.45. The highest BCUT2D eigenvalue weighted by Crippen LogP contribution is 2.31. The monoisotopic (exact) mass is 454 g/mol. The van der Waals surface area contributed by atoms with E-state index in [1.807, 2.05) is 41.3 Å². The van der Waals surface area contributed by atoms with Crippen molar-refractivity contribution in [1.82, 2.24) is 29.4 Å². The molecule has 1 saturated heterocycles. The van der Waals surface area contributed by atoms with Crippen LogP contribution < -0.4 is 4.74 Å². The van der Waals surface area contributed by atoms with Gasteiger partial charge in [-0.2, -0.15) is 10.2 Å². The fourth-order valence-corrected chi connectivity index (χ4v) is 3.83. The molecule has 0 saturated carbocycles. The van der Waals surface area contributed by atoms with Crippen molar-refractivity contribution in [2.45, 2.75) is 25.5 Å². The Morgan fingerprint density at radius 1 is 1.17 bits per heavy atom. The van der Waals surface area contributed by atoms with E-state index in [-0.39, 0.29) is 6.23 Å². The molecular formula is C20H19BrN6O2. The number of rotatable bonds is 4. The summed E-state index contributed by atoms with van der Waals surface area (Å²) in [6.07, 6.45) is 8.82. The van der Waals surface area contributed by atoms with Crippen molar-refractivity contribution < 1.29 is 9.47 Å². The number of hydrogen-bond acceptors (Lipinski definition) is 6. The Bertz CT molecular complexity index is 1160. The predicted octanol–water partition coefficient (Wildman–Crippen LogP) is 4.13. The number of methoxy groups -OCH3 is 1. The predicted molar refractivity (Wildman–Crippen MR) is 111 cm³/mol. The van der Waals surface area contributed by atoms with Crippen LogP contribution in [0.15, 0.2) is 47.5 Å². The van der Waals surface area contributed by atoms with Gasteiger partial charge in [-0.25, -0.2) is 19.2 Å². The van der Waals surface area contributed by atoms with E-state index >= 15 is 0 Å². The number of fused-ring (bicyclic) bond motifs is 1. The fourth-order valence-electron chi connectivity index (χ4n) is 3.49. The molecule has 0 aliphatic carbocycles. The molecule has 4 aromatic heterocycles. The number of hydrogen-bond donors (Lipinski definition) is 0. The third-order valence-electron chi connectivity index (χ3n) is 4.94. The lowest BCUT2D eigenvalue weighted by molar-refractivity contribution is -0.0394.